The Hall–Kier alpha value is -3.85. The highest BCUT2D eigenvalue weighted by Crippen LogP contribution is 2.40. The minimum Gasteiger partial charge on any atom is -0.497 e. The number of fused-ring (bicyclic) bond motifs is 1. The quantitative estimate of drug-likeness (QED) is 0.470. The van der Waals surface area contributed by atoms with Crippen molar-refractivity contribution >= 4 is 23.4 Å². The molecule has 9 heteroatoms. The Bertz CT molecular complexity index is 1470. The molecule has 1 aliphatic heterocycles. The lowest BCUT2D eigenvalue weighted by atomic mass is 9.94. The van der Waals surface area contributed by atoms with Crippen molar-refractivity contribution in [2.75, 3.05) is 27.9 Å². The van der Waals surface area contributed by atoms with Crippen molar-refractivity contribution in [2.24, 2.45) is 4.99 Å². The number of allylic oxidation sites excluding steroid dienone is 1. The molecule has 0 spiro atoms. The molecule has 0 saturated heterocycles. The molecule has 0 N–H and O–H groups in total. The largest absolute Gasteiger partial charge is 0.497 e. The Balaban J connectivity index is 1.98. The molecule has 182 valence electrons. The maximum absolute atomic E-state index is 13.7. The lowest BCUT2D eigenvalue weighted by Crippen LogP contribution is -2.40. The summed E-state index contributed by atoms with van der Waals surface area (Å²) in [5.41, 5.74) is 1.93. The molecule has 3 aromatic rings. The summed E-state index contributed by atoms with van der Waals surface area (Å²) in [6, 6.07) is 12.0. The highest BCUT2D eigenvalue weighted by Gasteiger charge is 2.35. The molecule has 4 rings (SSSR count). The van der Waals surface area contributed by atoms with Gasteiger partial charge in [0.2, 0.25) is 0 Å². The monoisotopic (exact) mass is 494 g/mol. The first kappa shape index (κ1) is 24.3. The highest BCUT2D eigenvalue weighted by molar-refractivity contribution is 7.07. The molecule has 1 aliphatic rings. The van der Waals surface area contributed by atoms with Gasteiger partial charge in [0.15, 0.2) is 16.3 Å². The molecule has 1 unspecified atom stereocenters. The van der Waals surface area contributed by atoms with E-state index in [2.05, 4.69) is 4.99 Å². The number of ether oxygens (including phenoxy) is 4. The zero-order valence-electron chi connectivity index (χ0n) is 20.2. The normalized spacial score (nSPS) is 15.3. The third-order valence-corrected chi connectivity index (χ3v) is 6.64. The predicted molar refractivity (Wildman–Crippen MR) is 133 cm³/mol. The van der Waals surface area contributed by atoms with Crippen LogP contribution in [0.3, 0.4) is 0 Å². The second-order valence-electron chi connectivity index (χ2n) is 7.66. The van der Waals surface area contributed by atoms with E-state index in [1.165, 1.54) is 30.1 Å². The topological polar surface area (TPSA) is 88.4 Å². The van der Waals surface area contributed by atoms with Crippen molar-refractivity contribution in [1.29, 1.82) is 0 Å². The molecule has 1 atom stereocenters. The molecule has 0 aliphatic carbocycles. The van der Waals surface area contributed by atoms with E-state index < -0.39 is 12.0 Å². The van der Waals surface area contributed by atoms with Gasteiger partial charge in [0.1, 0.15) is 11.8 Å². The predicted octanol–water partition coefficient (Wildman–Crippen LogP) is 2.82. The standard InChI is InChI=1S/C26H26N2O6S/c1-6-34-25(30)21-15(2)27-26-28(22(21)18-8-7-9-19(32-4)23(18)33-5)24(29)20(35-26)14-16-10-12-17(31-3)13-11-16/h7-14,22H,6H2,1-5H3. The molecular formula is C26H26N2O6S. The van der Waals surface area contributed by atoms with Gasteiger partial charge in [-0.1, -0.05) is 35.6 Å². The van der Waals surface area contributed by atoms with Crippen LogP contribution in [0.4, 0.5) is 0 Å². The molecule has 0 amide bonds. The first-order valence-corrected chi connectivity index (χ1v) is 11.8. The van der Waals surface area contributed by atoms with E-state index in [4.69, 9.17) is 18.9 Å². The van der Waals surface area contributed by atoms with E-state index in [-0.39, 0.29) is 17.7 Å². The van der Waals surface area contributed by atoms with Crippen molar-refractivity contribution < 1.29 is 23.7 Å². The van der Waals surface area contributed by atoms with E-state index in [0.717, 1.165) is 11.3 Å². The minimum absolute atomic E-state index is 0.194. The van der Waals surface area contributed by atoms with Crippen LogP contribution in [-0.4, -0.2) is 38.5 Å². The summed E-state index contributed by atoms with van der Waals surface area (Å²) >= 11 is 1.26. The molecule has 2 aromatic carbocycles. The summed E-state index contributed by atoms with van der Waals surface area (Å²) < 4.78 is 23.7. The smallest absolute Gasteiger partial charge is 0.338 e. The molecule has 35 heavy (non-hydrogen) atoms. The summed E-state index contributed by atoms with van der Waals surface area (Å²) in [6.07, 6.45) is 1.80. The number of carbonyl (C=O) groups excluding carboxylic acids is 1. The fourth-order valence-corrected chi connectivity index (χ4v) is 5.11. The van der Waals surface area contributed by atoms with Gasteiger partial charge in [-0.3, -0.25) is 9.36 Å². The molecule has 1 aromatic heterocycles. The second-order valence-corrected chi connectivity index (χ2v) is 8.67. The van der Waals surface area contributed by atoms with Gasteiger partial charge in [-0.15, -0.1) is 0 Å². The fraction of sp³-hybridized carbons (Fsp3) is 0.269. The van der Waals surface area contributed by atoms with Crippen LogP contribution in [0, 0.1) is 0 Å². The number of carbonyl (C=O) groups is 1. The number of thiazole rings is 1. The number of para-hydroxylation sites is 1. The van der Waals surface area contributed by atoms with Crippen LogP contribution < -0.4 is 29.1 Å². The Morgan fingerprint density at radius 1 is 1.09 bits per heavy atom. The Labute approximate surface area is 206 Å². The van der Waals surface area contributed by atoms with Crippen LogP contribution in [0.5, 0.6) is 17.2 Å². The lowest BCUT2D eigenvalue weighted by Gasteiger charge is -2.26. The van der Waals surface area contributed by atoms with Gasteiger partial charge in [-0.2, -0.15) is 0 Å². The number of hydrogen-bond donors (Lipinski definition) is 0. The zero-order valence-corrected chi connectivity index (χ0v) is 21.0. The number of rotatable bonds is 7. The maximum Gasteiger partial charge on any atom is 0.338 e. The first-order chi connectivity index (χ1) is 16.9. The van der Waals surface area contributed by atoms with Gasteiger partial charge in [0, 0.05) is 5.56 Å². The van der Waals surface area contributed by atoms with Crippen LogP contribution >= 0.6 is 11.3 Å². The van der Waals surface area contributed by atoms with Gasteiger partial charge < -0.3 is 18.9 Å². The molecule has 0 radical (unpaired) electrons. The number of hydrogen-bond acceptors (Lipinski definition) is 8. The van der Waals surface area contributed by atoms with E-state index in [9.17, 15) is 9.59 Å². The third kappa shape index (κ3) is 4.46. The number of benzene rings is 2. The third-order valence-electron chi connectivity index (χ3n) is 5.66. The molecule has 8 nitrogen and oxygen atoms in total. The second kappa shape index (κ2) is 10.2. The van der Waals surface area contributed by atoms with Gasteiger partial charge in [-0.05, 0) is 43.7 Å². The van der Waals surface area contributed by atoms with Gasteiger partial charge in [0.25, 0.3) is 5.56 Å². The highest BCUT2D eigenvalue weighted by atomic mass is 32.1. The van der Waals surface area contributed by atoms with Crippen molar-refractivity contribution in [3.8, 4) is 17.2 Å². The van der Waals surface area contributed by atoms with Gasteiger partial charge in [0.05, 0.1) is 43.7 Å². The summed E-state index contributed by atoms with van der Waals surface area (Å²) in [7, 11) is 4.66. The Morgan fingerprint density at radius 2 is 1.83 bits per heavy atom. The number of esters is 1. The van der Waals surface area contributed by atoms with Crippen molar-refractivity contribution in [1.82, 2.24) is 4.57 Å². The summed E-state index contributed by atoms with van der Waals surface area (Å²) in [5, 5.41) is 0. The van der Waals surface area contributed by atoms with Crippen LogP contribution in [0.2, 0.25) is 0 Å². The summed E-state index contributed by atoms with van der Waals surface area (Å²) in [4.78, 5) is 31.9. The number of methoxy groups -OCH3 is 3. The van der Waals surface area contributed by atoms with Crippen LogP contribution in [0.1, 0.15) is 31.0 Å². The van der Waals surface area contributed by atoms with E-state index >= 15 is 0 Å². The van der Waals surface area contributed by atoms with Crippen LogP contribution in [-0.2, 0) is 9.53 Å². The Morgan fingerprint density at radius 3 is 2.46 bits per heavy atom. The number of aromatic nitrogens is 1. The average Bonchev–Trinajstić information content (AvgIpc) is 3.17. The Kier molecular flexibility index (Phi) is 7.07. The molecule has 0 fully saturated rings. The zero-order chi connectivity index (χ0) is 25.1. The summed E-state index contributed by atoms with van der Waals surface area (Å²) in [5.74, 6) is 1.11. The van der Waals surface area contributed by atoms with Crippen molar-refractivity contribution in [3.05, 3.63) is 84.5 Å². The SMILES string of the molecule is CCOC(=O)C1=C(C)N=c2sc(=Cc3ccc(OC)cc3)c(=O)n2C1c1cccc(OC)c1OC. The fourth-order valence-electron chi connectivity index (χ4n) is 4.06. The minimum atomic E-state index is -0.798. The van der Waals surface area contributed by atoms with E-state index in [1.807, 2.05) is 30.3 Å². The van der Waals surface area contributed by atoms with Gasteiger partial charge >= 0.3 is 5.97 Å². The van der Waals surface area contributed by atoms with Crippen LogP contribution in [0.25, 0.3) is 6.08 Å². The van der Waals surface area contributed by atoms with Crippen LogP contribution in [0.15, 0.2) is 63.5 Å². The first-order valence-electron chi connectivity index (χ1n) is 11.0. The van der Waals surface area contributed by atoms with Gasteiger partial charge in [-0.25, -0.2) is 9.79 Å². The van der Waals surface area contributed by atoms with Crippen molar-refractivity contribution in [2.45, 2.75) is 19.9 Å². The average molecular weight is 495 g/mol. The summed E-state index contributed by atoms with van der Waals surface area (Å²) in [6.45, 7) is 3.67. The molecule has 2 heterocycles. The van der Waals surface area contributed by atoms with E-state index in [0.29, 0.717) is 32.1 Å². The molecular weight excluding hydrogens is 468 g/mol. The van der Waals surface area contributed by atoms with Crippen molar-refractivity contribution in [3.63, 3.8) is 0 Å². The number of nitrogens with zero attached hydrogens (tertiary/aromatic N) is 2. The molecule has 0 bridgehead atoms. The maximum atomic E-state index is 13.7. The van der Waals surface area contributed by atoms with E-state index in [1.54, 1.807) is 39.2 Å². The molecule has 0 saturated carbocycles. The lowest BCUT2D eigenvalue weighted by molar-refractivity contribution is -0.139.